The molecule has 0 bridgehead atoms. The number of rotatable bonds is 3. The minimum Gasteiger partial charge on any atom is -0.465 e. The van der Waals surface area contributed by atoms with Crippen molar-refractivity contribution in [3.63, 3.8) is 0 Å². The minimum atomic E-state index is -0.889. The number of ether oxygens (including phenoxy) is 1. The van der Waals surface area contributed by atoms with Crippen molar-refractivity contribution >= 4 is 6.09 Å². The molecule has 6 nitrogen and oxygen atoms in total. The summed E-state index contributed by atoms with van der Waals surface area (Å²) < 4.78 is 10.9. The number of aromatic nitrogens is 1. The molecule has 0 spiro atoms. The predicted molar refractivity (Wildman–Crippen MR) is 72.6 cm³/mol. The van der Waals surface area contributed by atoms with Gasteiger partial charge in [0, 0.05) is 18.0 Å². The molecule has 2 rings (SSSR count). The normalized spacial score (nSPS) is 23.6. The quantitative estimate of drug-likeness (QED) is 0.922. The van der Waals surface area contributed by atoms with Gasteiger partial charge in [-0.15, -0.1) is 0 Å². The van der Waals surface area contributed by atoms with Crippen LogP contribution in [0.2, 0.25) is 0 Å². The summed E-state index contributed by atoms with van der Waals surface area (Å²) in [6, 6.07) is 1.74. The molecule has 0 aliphatic carbocycles. The van der Waals surface area contributed by atoms with Crippen LogP contribution in [0.5, 0.6) is 0 Å². The number of carbonyl (C=O) groups is 1. The van der Waals surface area contributed by atoms with Gasteiger partial charge in [0.05, 0.1) is 24.9 Å². The van der Waals surface area contributed by atoms with E-state index in [0.717, 1.165) is 18.6 Å². The Kier molecular flexibility index (Phi) is 4.32. The van der Waals surface area contributed by atoms with E-state index < -0.39 is 11.6 Å². The summed E-state index contributed by atoms with van der Waals surface area (Å²) in [4.78, 5) is 12.9. The summed E-state index contributed by atoms with van der Waals surface area (Å²) in [6.45, 7) is 6.15. The third kappa shape index (κ3) is 3.50. The largest absolute Gasteiger partial charge is 0.465 e. The zero-order valence-electron chi connectivity index (χ0n) is 12.2. The number of hydrogen-bond acceptors (Lipinski definition) is 4. The van der Waals surface area contributed by atoms with Crippen molar-refractivity contribution in [3.05, 3.63) is 18.0 Å². The third-order valence-corrected chi connectivity index (χ3v) is 3.56. The second-order valence-electron chi connectivity index (χ2n) is 6.19. The molecule has 1 aromatic heterocycles. The molecule has 1 aliphatic heterocycles. The molecular formula is C14H22N2O4. The van der Waals surface area contributed by atoms with Gasteiger partial charge in [0.1, 0.15) is 5.76 Å². The Morgan fingerprint density at radius 3 is 2.70 bits per heavy atom. The van der Waals surface area contributed by atoms with E-state index in [-0.39, 0.29) is 12.1 Å². The summed E-state index contributed by atoms with van der Waals surface area (Å²) >= 11 is 0. The highest BCUT2D eigenvalue weighted by molar-refractivity contribution is 5.66. The van der Waals surface area contributed by atoms with Gasteiger partial charge in [-0.3, -0.25) is 4.90 Å². The number of carboxylic acid groups (broad SMARTS) is 1. The molecule has 112 valence electrons. The Morgan fingerprint density at radius 2 is 2.25 bits per heavy atom. The molecule has 0 unspecified atom stereocenters. The fourth-order valence-corrected chi connectivity index (χ4v) is 2.72. The third-order valence-electron chi connectivity index (χ3n) is 3.56. The van der Waals surface area contributed by atoms with Crippen molar-refractivity contribution in [1.82, 2.24) is 10.1 Å². The van der Waals surface area contributed by atoms with Crippen LogP contribution in [0, 0.1) is 0 Å². The van der Waals surface area contributed by atoms with Crippen LogP contribution in [0.3, 0.4) is 0 Å². The van der Waals surface area contributed by atoms with E-state index in [2.05, 4.69) is 5.16 Å². The molecule has 0 radical (unpaired) electrons. The van der Waals surface area contributed by atoms with E-state index in [4.69, 9.17) is 9.26 Å². The Morgan fingerprint density at radius 1 is 1.50 bits per heavy atom. The first-order valence-electron chi connectivity index (χ1n) is 6.91. The van der Waals surface area contributed by atoms with E-state index in [1.54, 1.807) is 6.20 Å². The lowest BCUT2D eigenvalue weighted by molar-refractivity contribution is -0.0514. The zero-order chi connectivity index (χ0) is 14.8. The predicted octanol–water partition coefficient (Wildman–Crippen LogP) is 2.54. The molecule has 2 atom stereocenters. The van der Waals surface area contributed by atoms with Crippen molar-refractivity contribution in [2.75, 3.05) is 6.61 Å². The highest BCUT2D eigenvalue weighted by Crippen LogP contribution is 2.26. The van der Waals surface area contributed by atoms with Gasteiger partial charge in [0.2, 0.25) is 0 Å². The molecule has 1 N–H and O–H groups in total. The van der Waals surface area contributed by atoms with E-state index in [1.807, 2.05) is 26.8 Å². The lowest BCUT2D eigenvalue weighted by Crippen LogP contribution is -2.54. The van der Waals surface area contributed by atoms with Crippen LogP contribution in [0.4, 0.5) is 4.79 Å². The standard InChI is InChI=1S/C14H22N2O4/c1-14(2,3)16(13(17)18)10-4-5-11(19-9-10)8-12-6-7-15-20-12/h6-7,10-11H,4-5,8-9H2,1-3H3,(H,17,18)/t10-,11+/m1/s1. The van der Waals surface area contributed by atoms with Crippen molar-refractivity contribution < 1.29 is 19.2 Å². The van der Waals surface area contributed by atoms with Gasteiger partial charge in [-0.1, -0.05) is 5.16 Å². The van der Waals surface area contributed by atoms with Gasteiger partial charge < -0.3 is 14.4 Å². The Labute approximate surface area is 118 Å². The molecule has 1 fully saturated rings. The maximum atomic E-state index is 11.4. The van der Waals surface area contributed by atoms with Gasteiger partial charge in [-0.05, 0) is 33.6 Å². The second-order valence-corrected chi connectivity index (χ2v) is 6.19. The van der Waals surface area contributed by atoms with Crippen molar-refractivity contribution in [2.24, 2.45) is 0 Å². The van der Waals surface area contributed by atoms with Crippen LogP contribution < -0.4 is 0 Å². The summed E-state index contributed by atoms with van der Waals surface area (Å²) in [7, 11) is 0. The molecule has 0 saturated carbocycles. The minimum absolute atomic E-state index is 0.0785. The van der Waals surface area contributed by atoms with Crippen LogP contribution in [0.1, 0.15) is 39.4 Å². The highest BCUT2D eigenvalue weighted by atomic mass is 16.5. The van der Waals surface area contributed by atoms with Gasteiger partial charge in [-0.25, -0.2) is 4.79 Å². The van der Waals surface area contributed by atoms with Crippen molar-refractivity contribution in [3.8, 4) is 0 Å². The molecule has 1 saturated heterocycles. The molecule has 6 heteroatoms. The Hall–Kier alpha value is -1.56. The molecule has 20 heavy (non-hydrogen) atoms. The fourth-order valence-electron chi connectivity index (χ4n) is 2.72. The maximum Gasteiger partial charge on any atom is 0.408 e. The monoisotopic (exact) mass is 282 g/mol. The molecule has 1 amide bonds. The lowest BCUT2D eigenvalue weighted by Gasteiger charge is -2.42. The first-order valence-corrected chi connectivity index (χ1v) is 6.91. The van der Waals surface area contributed by atoms with Crippen LogP contribution >= 0.6 is 0 Å². The van der Waals surface area contributed by atoms with Crippen molar-refractivity contribution in [2.45, 2.75) is 57.7 Å². The first kappa shape index (κ1) is 14.8. The number of amides is 1. The summed E-state index contributed by atoms with van der Waals surface area (Å²) in [5, 5.41) is 13.1. The first-order chi connectivity index (χ1) is 9.38. The van der Waals surface area contributed by atoms with E-state index in [9.17, 15) is 9.90 Å². The molecule has 2 heterocycles. The number of nitrogens with zero attached hydrogens (tertiary/aromatic N) is 2. The van der Waals surface area contributed by atoms with Crippen LogP contribution in [-0.2, 0) is 11.2 Å². The lowest BCUT2D eigenvalue weighted by atomic mass is 9.96. The van der Waals surface area contributed by atoms with Crippen LogP contribution in [0.25, 0.3) is 0 Å². The van der Waals surface area contributed by atoms with Crippen LogP contribution in [0.15, 0.2) is 16.8 Å². The Balaban J connectivity index is 1.91. The zero-order valence-corrected chi connectivity index (χ0v) is 12.2. The summed E-state index contributed by atoms with van der Waals surface area (Å²) in [6.07, 6.45) is 3.13. The smallest absolute Gasteiger partial charge is 0.408 e. The average Bonchev–Trinajstić information content (AvgIpc) is 2.82. The van der Waals surface area contributed by atoms with Crippen LogP contribution in [-0.4, -0.2) is 45.5 Å². The molecule has 1 aromatic rings. The SMILES string of the molecule is CC(C)(C)N(C(=O)O)[C@@H]1CC[C@@H](Cc2ccno2)OC1. The fraction of sp³-hybridized carbons (Fsp3) is 0.714. The number of hydrogen-bond donors (Lipinski definition) is 1. The molecular weight excluding hydrogens is 260 g/mol. The highest BCUT2D eigenvalue weighted by Gasteiger charge is 2.36. The van der Waals surface area contributed by atoms with Gasteiger partial charge in [0.15, 0.2) is 0 Å². The molecule has 0 aromatic carbocycles. The Bertz CT molecular complexity index is 431. The maximum absolute atomic E-state index is 11.4. The van der Waals surface area contributed by atoms with Gasteiger partial charge in [-0.2, -0.15) is 0 Å². The molecule has 1 aliphatic rings. The summed E-state index contributed by atoms with van der Waals surface area (Å²) in [5.74, 6) is 0.805. The van der Waals surface area contributed by atoms with Gasteiger partial charge >= 0.3 is 6.09 Å². The van der Waals surface area contributed by atoms with E-state index in [0.29, 0.717) is 13.0 Å². The van der Waals surface area contributed by atoms with E-state index in [1.165, 1.54) is 4.90 Å². The van der Waals surface area contributed by atoms with E-state index >= 15 is 0 Å². The van der Waals surface area contributed by atoms with Gasteiger partial charge in [0.25, 0.3) is 0 Å². The second kappa shape index (κ2) is 5.83. The topological polar surface area (TPSA) is 75.8 Å². The summed E-state index contributed by atoms with van der Waals surface area (Å²) in [5.41, 5.74) is -0.419. The average molecular weight is 282 g/mol. The van der Waals surface area contributed by atoms with Crippen molar-refractivity contribution in [1.29, 1.82) is 0 Å².